The molecule has 0 fully saturated rings. The minimum Gasteiger partial charge on any atom is -0.350 e. The summed E-state index contributed by atoms with van der Waals surface area (Å²) < 4.78 is 21.3. The van der Waals surface area contributed by atoms with Crippen LogP contribution in [0.5, 0.6) is 0 Å². The highest BCUT2D eigenvalue weighted by Gasteiger charge is 2.13. The van der Waals surface area contributed by atoms with Gasteiger partial charge in [0.25, 0.3) is 10.0 Å². The topological polar surface area (TPSA) is 99.7 Å². The molecule has 0 spiro atoms. The van der Waals surface area contributed by atoms with E-state index in [1.807, 2.05) is 0 Å². The molecule has 6 heteroatoms. The Labute approximate surface area is 63.5 Å². The van der Waals surface area contributed by atoms with E-state index >= 15 is 0 Å². The van der Waals surface area contributed by atoms with Gasteiger partial charge in [-0.3, -0.25) is 0 Å². The van der Waals surface area contributed by atoms with Crippen LogP contribution in [0.15, 0.2) is 17.3 Å². The zero-order chi connectivity index (χ0) is 8.48. The SMILES string of the molecule is N#Cc1cc[nH]c1S(N)(=O)=O. The fourth-order valence-corrected chi connectivity index (χ4v) is 1.33. The Morgan fingerprint density at radius 1 is 1.64 bits per heavy atom. The molecule has 3 N–H and O–H groups in total. The van der Waals surface area contributed by atoms with Crippen LogP contribution in [0.2, 0.25) is 0 Å². The number of nitriles is 1. The number of nitrogens with zero attached hydrogens (tertiary/aromatic N) is 1. The number of hydrogen-bond acceptors (Lipinski definition) is 3. The predicted molar refractivity (Wildman–Crippen MR) is 36.9 cm³/mol. The summed E-state index contributed by atoms with van der Waals surface area (Å²) in [6.07, 6.45) is 1.35. The third-order valence-corrected chi connectivity index (χ3v) is 2.02. The number of nitrogens with two attached hydrogens (primary N) is 1. The Morgan fingerprint density at radius 3 is 2.64 bits per heavy atom. The third-order valence-electron chi connectivity index (χ3n) is 1.11. The second kappa shape index (κ2) is 2.38. The van der Waals surface area contributed by atoms with Crippen LogP contribution in [0.4, 0.5) is 0 Å². The molecule has 1 aromatic rings. The summed E-state index contributed by atoms with van der Waals surface area (Å²) in [4.78, 5) is 2.36. The monoisotopic (exact) mass is 171 g/mol. The van der Waals surface area contributed by atoms with E-state index in [1.54, 1.807) is 6.07 Å². The van der Waals surface area contributed by atoms with Gasteiger partial charge in [0, 0.05) is 6.20 Å². The first-order valence-electron chi connectivity index (χ1n) is 2.66. The zero-order valence-corrected chi connectivity index (χ0v) is 6.22. The molecule has 0 aliphatic heterocycles. The van der Waals surface area contributed by atoms with Crippen molar-refractivity contribution in [1.29, 1.82) is 5.26 Å². The van der Waals surface area contributed by atoms with Crippen LogP contribution >= 0.6 is 0 Å². The normalized spacial score (nSPS) is 10.9. The summed E-state index contributed by atoms with van der Waals surface area (Å²) in [6, 6.07) is 3.04. The van der Waals surface area contributed by atoms with Crippen LogP contribution in [0.3, 0.4) is 0 Å². The highest BCUT2D eigenvalue weighted by molar-refractivity contribution is 7.89. The lowest BCUT2D eigenvalue weighted by atomic mass is 10.4. The van der Waals surface area contributed by atoms with Crippen molar-refractivity contribution in [3.63, 3.8) is 0 Å². The van der Waals surface area contributed by atoms with Gasteiger partial charge in [-0.05, 0) is 6.07 Å². The van der Waals surface area contributed by atoms with Crippen LogP contribution in [-0.2, 0) is 10.0 Å². The Morgan fingerprint density at radius 2 is 2.27 bits per heavy atom. The fourth-order valence-electron chi connectivity index (χ4n) is 0.678. The molecular weight excluding hydrogens is 166 g/mol. The average molecular weight is 171 g/mol. The van der Waals surface area contributed by atoms with E-state index in [0.717, 1.165) is 0 Å². The summed E-state index contributed by atoms with van der Waals surface area (Å²) in [6.45, 7) is 0. The molecule has 0 aliphatic carbocycles. The summed E-state index contributed by atoms with van der Waals surface area (Å²) in [5, 5.41) is 12.9. The molecule has 0 bridgehead atoms. The largest absolute Gasteiger partial charge is 0.350 e. The molecule has 0 saturated heterocycles. The van der Waals surface area contributed by atoms with Gasteiger partial charge < -0.3 is 4.98 Å². The Kier molecular flexibility index (Phi) is 1.68. The Hall–Kier alpha value is -1.32. The number of aromatic amines is 1. The molecule has 0 amide bonds. The van der Waals surface area contributed by atoms with Crippen LogP contribution < -0.4 is 5.14 Å². The van der Waals surface area contributed by atoms with Crippen molar-refractivity contribution in [3.05, 3.63) is 17.8 Å². The molecule has 0 unspecified atom stereocenters. The molecule has 0 radical (unpaired) electrons. The van der Waals surface area contributed by atoms with Gasteiger partial charge >= 0.3 is 0 Å². The lowest BCUT2D eigenvalue weighted by molar-refractivity contribution is 0.594. The van der Waals surface area contributed by atoms with Crippen LogP contribution in [-0.4, -0.2) is 13.4 Å². The van der Waals surface area contributed by atoms with Gasteiger partial charge in [-0.25, -0.2) is 13.6 Å². The molecule has 1 aromatic heterocycles. The van der Waals surface area contributed by atoms with Crippen molar-refractivity contribution >= 4 is 10.0 Å². The second-order valence-electron chi connectivity index (χ2n) is 1.88. The summed E-state index contributed by atoms with van der Waals surface area (Å²) in [5.41, 5.74) is 0.0347. The van der Waals surface area contributed by atoms with E-state index < -0.39 is 10.0 Å². The van der Waals surface area contributed by atoms with Crippen molar-refractivity contribution in [2.75, 3.05) is 0 Å². The van der Waals surface area contributed by atoms with Crippen molar-refractivity contribution in [1.82, 2.24) is 4.98 Å². The van der Waals surface area contributed by atoms with Gasteiger partial charge in [0.15, 0.2) is 5.03 Å². The number of H-pyrrole nitrogens is 1. The zero-order valence-electron chi connectivity index (χ0n) is 5.40. The van der Waals surface area contributed by atoms with Gasteiger partial charge in [0.1, 0.15) is 6.07 Å². The Bertz CT molecular complexity index is 398. The van der Waals surface area contributed by atoms with Crippen LogP contribution in [0, 0.1) is 11.3 Å². The fraction of sp³-hybridized carbons (Fsp3) is 0. The number of sulfonamides is 1. The lowest BCUT2D eigenvalue weighted by Crippen LogP contribution is -2.13. The van der Waals surface area contributed by atoms with Crippen LogP contribution in [0.25, 0.3) is 0 Å². The molecule has 0 saturated carbocycles. The van der Waals surface area contributed by atoms with E-state index in [9.17, 15) is 8.42 Å². The number of rotatable bonds is 1. The van der Waals surface area contributed by atoms with E-state index in [4.69, 9.17) is 10.4 Å². The van der Waals surface area contributed by atoms with Crippen molar-refractivity contribution < 1.29 is 8.42 Å². The lowest BCUT2D eigenvalue weighted by Gasteiger charge is -1.91. The minimum absolute atomic E-state index is 0.0347. The standard InChI is InChI=1S/C5H5N3O2S/c6-3-4-1-2-8-5(4)11(7,9)10/h1-2,8H,(H2,7,9,10). The molecule has 1 rings (SSSR count). The van der Waals surface area contributed by atoms with E-state index in [0.29, 0.717) is 0 Å². The summed E-state index contributed by atoms with van der Waals surface area (Å²) in [5.74, 6) is 0. The van der Waals surface area contributed by atoms with E-state index in [1.165, 1.54) is 12.3 Å². The minimum atomic E-state index is -3.78. The van der Waals surface area contributed by atoms with Gasteiger partial charge in [0.05, 0.1) is 5.56 Å². The van der Waals surface area contributed by atoms with Crippen molar-refractivity contribution in [2.24, 2.45) is 5.14 Å². The van der Waals surface area contributed by atoms with E-state index in [-0.39, 0.29) is 10.6 Å². The molecule has 0 aliphatic rings. The van der Waals surface area contributed by atoms with Crippen molar-refractivity contribution in [2.45, 2.75) is 5.03 Å². The third kappa shape index (κ3) is 1.39. The first-order valence-corrected chi connectivity index (χ1v) is 4.20. The Balaban J connectivity index is 3.39. The molecule has 5 nitrogen and oxygen atoms in total. The van der Waals surface area contributed by atoms with E-state index in [2.05, 4.69) is 4.98 Å². The number of nitrogens with one attached hydrogen (secondary N) is 1. The number of primary sulfonamides is 1. The number of hydrogen-bond donors (Lipinski definition) is 2. The highest BCUT2D eigenvalue weighted by atomic mass is 32.2. The predicted octanol–water partition coefficient (Wildman–Crippen LogP) is -0.466. The number of aromatic nitrogens is 1. The van der Waals surface area contributed by atoms with Gasteiger partial charge in [0.2, 0.25) is 0 Å². The van der Waals surface area contributed by atoms with Gasteiger partial charge in [-0.2, -0.15) is 5.26 Å². The van der Waals surface area contributed by atoms with Crippen LogP contribution in [0.1, 0.15) is 5.56 Å². The van der Waals surface area contributed by atoms with Gasteiger partial charge in [-0.15, -0.1) is 0 Å². The molecule has 58 valence electrons. The summed E-state index contributed by atoms with van der Waals surface area (Å²) in [7, 11) is -3.78. The molecular formula is C5H5N3O2S. The van der Waals surface area contributed by atoms with Crippen molar-refractivity contribution in [3.8, 4) is 6.07 Å². The maximum absolute atomic E-state index is 10.7. The second-order valence-corrected chi connectivity index (χ2v) is 3.38. The molecule has 0 atom stereocenters. The summed E-state index contributed by atoms with van der Waals surface area (Å²) >= 11 is 0. The molecule has 0 aromatic carbocycles. The smallest absolute Gasteiger partial charge is 0.254 e. The molecule has 11 heavy (non-hydrogen) atoms. The first kappa shape index (κ1) is 7.78. The maximum atomic E-state index is 10.7. The highest BCUT2D eigenvalue weighted by Crippen LogP contribution is 2.08. The maximum Gasteiger partial charge on any atom is 0.254 e. The first-order chi connectivity index (χ1) is 5.05. The van der Waals surface area contributed by atoms with Gasteiger partial charge in [-0.1, -0.05) is 0 Å². The molecule has 1 heterocycles. The quantitative estimate of drug-likeness (QED) is 0.597. The average Bonchev–Trinajstić information content (AvgIpc) is 2.31.